The Morgan fingerprint density at radius 2 is 1.80 bits per heavy atom. The summed E-state index contributed by atoms with van der Waals surface area (Å²) < 4.78 is 5.46. The highest BCUT2D eigenvalue weighted by Gasteiger charge is 2.15. The van der Waals surface area contributed by atoms with Gasteiger partial charge in [0.1, 0.15) is 5.75 Å². The lowest BCUT2D eigenvalue weighted by molar-refractivity contribution is 0.195. The van der Waals surface area contributed by atoms with Gasteiger partial charge in [-0.25, -0.2) is 0 Å². The number of benzene rings is 1. The summed E-state index contributed by atoms with van der Waals surface area (Å²) in [6.45, 7) is 13.6. The van der Waals surface area contributed by atoms with Crippen LogP contribution in [-0.2, 0) is 6.54 Å². The molecule has 0 saturated heterocycles. The van der Waals surface area contributed by atoms with Crippen LogP contribution in [0.3, 0.4) is 0 Å². The van der Waals surface area contributed by atoms with E-state index in [0.717, 1.165) is 18.8 Å². The van der Waals surface area contributed by atoms with Gasteiger partial charge >= 0.3 is 0 Å². The molecule has 0 aliphatic carbocycles. The van der Waals surface area contributed by atoms with E-state index in [1.165, 1.54) is 18.4 Å². The summed E-state index contributed by atoms with van der Waals surface area (Å²) in [7, 11) is 1.75. The number of para-hydroxylation sites is 1. The van der Waals surface area contributed by atoms with E-state index >= 15 is 0 Å². The van der Waals surface area contributed by atoms with E-state index < -0.39 is 0 Å². The van der Waals surface area contributed by atoms with Gasteiger partial charge in [0.2, 0.25) is 0 Å². The van der Waals surface area contributed by atoms with E-state index in [1.807, 2.05) is 12.1 Å². The summed E-state index contributed by atoms with van der Waals surface area (Å²) in [6.07, 6.45) is 2.51. The van der Waals surface area contributed by atoms with Crippen molar-refractivity contribution in [3.63, 3.8) is 0 Å². The standard InChI is InChI=1S/C18H31NO/c1-15(2)19(13-9-12-18(3,4)5)14-16-10-7-8-11-17(16)20-6/h7-8,10-11,15H,9,12-14H2,1-6H3. The molecule has 0 saturated carbocycles. The second-order valence-electron chi connectivity index (χ2n) is 7.04. The largest absolute Gasteiger partial charge is 0.496 e. The van der Waals surface area contributed by atoms with Crippen LogP contribution in [0, 0.1) is 5.41 Å². The van der Waals surface area contributed by atoms with Gasteiger partial charge in [-0.3, -0.25) is 4.90 Å². The molecule has 20 heavy (non-hydrogen) atoms. The Labute approximate surface area is 125 Å². The SMILES string of the molecule is COc1ccccc1CN(CCCC(C)(C)C)C(C)C. The molecule has 2 nitrogen and oxygen atoms in total. The van der Waals surface area contributed by atoms with Gasteiger partial charge in [-0.1, -0.05) is 39.0 Å². The van der Waals surface area contributed by atoms with Gasteiger partial charge in [0.05, 0.1) is 7.11 Å². The third kappa shape index (κ3) is 5.96. The molecule has 0 spiro atoms. The normalized spacial score (nSPS) is 12.2. The summed E-state index contributed by atoms with van der Waals surface area (Å²) >= 11 is 0. The quantitative estimate of drug-likeness (QED) is 0.714. The monoisotopic (exact) mass is 277 g/mol. The molecule has 0 radical (unpaired) electrons. The molecule has 1 rings (SSSR count). The van der Waals surface area contributed by atoms with Gasteiger partial charge in [0.25, 0.3) is 0 Å². The smallest absolute Gasteiger partial charge is 0.123 e. The fraction of sp³-hybridized carbons (Fsp3) is 0.667. The number of hydrogen-bond donors (Lipinski definition) is 0. The summed E-state index contributed by atoms with van der Waals surface area (Å²) in [6, 6.07) is 8.88. The molecule has 0 aliphatic rings. The Hall–Kier alpha value is -1.02. The highest BCUT2D eigenvalue weighted by atomic mass is 16.5. The van der Waals surface area contributed by atoms with E-state index in [-0.39, 0.29) is 0 Å². The van der Waals surface area contributed by atoms with E-state index in [4.69, 9.17) is 4.74 Å². The predicted octanol–water partition coefficient (Wildman–Crippen LogP) is 4.73. The van der Waals surface area contributed by atoms with Crippen LogP contribution in [0.4, 0.5) is 0 Å². The zero-order valence-corrected chi connectivity index (χ0v) is 14.1. The highest BCUT2D eigenvalue weighted by molar-refractivity contribution is 5.33. The number of rotatable bonds is 7. The fourth-order valence-corrected chi connectivity index (χ4v) is 2.38. The maximum atomic E-state index is 5.46. The Morgan fingerprint density at radius 1 is 1.15 bits per heavy atom. The van der Waals surface area contributed by atoms with E-state index in [2.05, 4.69) is 51.7 Å². The summed E-state index contributed by atoms with van der Waals surface area (Å²) in [4.78, 5) is 2.53. The zero-order chi connectivity index (χ0) is 15.2. The van der Waals surface area contributed by atoms with Crippen LogP contribution in [0.2, 0.25) is 0 Å². The Morgan fingerprint density at radius 3 is 2.35 bits per heavy atom. The van der Waals surface area contributed by atoms with Crippen LogP contribution in [0.5, 0.6) is 5.75 Å². The molecule has 0 aromatic heterocycles. The first-order valence-electron chi connectivity index (χ1n) is 7.69. The molecule has 2 heteroatoms. The van der Waals surface area contributed by atoms with Crippen molar-refractivity contribution in [2.24, 2.45) is 5.41 Å². The Kier molecular flexibility index (Phi) is 6.54. The first-order chi connectivity index (χ1) is 9.33. The molecule has 0 heterocycles. The van der Waals surface area contributed by atoms with E-state index in [9.17, 15) is 0 Å². The van der Waals surface area contributed by atoms with E-state index in [0.29, 0.717) is 11.5 Å². The Bertz CT molecular complexity index is 393. The van der Waals surface area contributed by atoms with Gasteiger partial charge < -0.3 is 4.74 Å². The molecule has 0 N–H and O–H groups in total. The second-order valence-corrected chi connectivity index (χ2v) is 7.04. The molecule has 0 aliphatic heterocycles. The molecule has 114 valence electrons. The molecular weight excluding hydrogens is 246 g/mol. The molecule has 0 atom stereocenters. The second kappa shape index (κ2) is 7.68. The van der Waals surface area contributed by atoms with Gasteiger partial charge in [-0.2, -0.15) is 0 Å². The van der Waals surface area contributed by atoms with Crippen molar-refractivity contribution in [1.29, 1.82) is 0 Å². The molecule has 0 fully saturated rings. The molecule has 0 unspecified atom stereocenters. The van der Waals surface area contributed by atoms with Crippen molar-refractivity contribution in [2.75, 3.05) is 13.7 Å². The van der Waals surface area contributed by atoms with E-state index in [1.54, 1.807) is 7.11 Å². The zero-order valence-electron chi connectivity index (χ0n) is 14.1. The number of nitrogens with zero attached hydrogens (tertiary/aromatic N) is 1. The predicted molar refractivity (Wildman–Crippen MR) is 87.2 cm³/mol. The van der Waals surface area contributed by atoms with Crippen LogP contribution in [-0.4, -0.2) is 24.6 Å². The summed E-state index contributed by atoms with van der Waals surface area (Å²) in [5, 5.41) is 0. The first kappa shape index (κ1) is 17.0. The van der Waals surface area contributed by atoms with Crippen molar-refractivity contribution in [3.05, 3.63) is 29.8 Å². The lowest BCUT2D eigenvalue weighted by atomic mass is 9.90. The average Bonchev–Trinajstić information content (AvgIpc) is 2.36. The highest BCUT2D eigenvalue weighted by Crippen LogP contribution is 2.23. The van der Waals surface area contributed by atoms with Crippen molar-refractivity contribution >= 4 is 0 Å². The number of ether oxygens (including phenoxy) is 1. The molecule has 0 amide bonds. The van der Waals surface area contributed by atoms with Gasteiger partial charge in [0.15, 0.2) is 0 Å². The minimum Gasteiger partial charge on any atom is -0.496 e. The van der Waals surface area contributed by atoms with Gasteiger partial charge in [0, 0.05) is 18.2 Å². The minimum atomic E-state index is 0.424. The maximum Gasteiger partial charge on any atom is 0.123 e. The molecule has 1 aromatic carbocycles. The number of methoxy groups -OCH3 is 1. The summed E-state index contributed by atoms with van der Waals surface area (Å²) in [5.74, 6) is 0.994. The average molecular weight is 277 g/mol. The van der Waals surface area contributed by atoms with Crippen LogP contribution in [0.15, 0.2) is 24.3 Å². The van der Waals surface area contributed by atoms with Crippen LogP contribution >= 0.6 is 0 Å². The third-order valence-electron chi connectivity index (χ3n) is 3.67. The van der Waals surface area contributed by atoms with Crippen molar-refractivity contribution in [3.8, 4) is 5.75 Å². The van der Waals surface area contributed by atoms with Crippen LogP contribution < -0.4 is 4.74 Å². The third-order valence-corrected chi connectivity index (χ3v) is 3.67. The maximum absolute atomic E-state index is 5.46. The molecule has 1 aromatic rings. The Balaban J connectivity index is 2.63. The van der Waals surface area contributed by atoms with Crippen LogP contribution in [0.25, 0.3) is 0 Å². The van der Waals surface area contributed by atoms with Gasteiger partial charge in [-0.05, 0) is 44.7 Å². The van der Waals surface area contributed by atoms with Crippen LogP contribution in [0.1, 0.15) is 53.0 Å². The lowest BCUT2D eigenvalue weighted by Gasteiger charge is -2.28. The minimum absolute atomic E-state index is 0.424. The molecular formula is C18H31NO. The fourth-order valence-electron chi connectivity index (χ4n) is 2.38. The van der Waals surface area contributed by atoms with Crippen molar-refractivity contribution in [2.45, 2.75) is 60.0 Å². The summed E-state index contributed by atoms with van der Waals surface area (Å²) in [5.41, 5.74) is 1.70. The van der Waals surface area contributed by atoms with Crippen molar-refractivity contribution in [1.82, 2.24) is 4.90 Å². The lowest BCUT2D eigenvalue weighted by Crippen LogP contribution is -2.32. The first-order valence-corrected chi connectivity index (χ1v) is 7.69. The number of hydrogen-bond acceptors (Lipinski definition) is 2. The van der Waals surface area contributed by atoms with Gasteiger partial charge in [-0.15, -0.1) is 0 Å². The van der Waals surface area contributed by atoms with Crippen molar-refractivity contribution < 1.29 is 4.74 Å². The molecule has 0 bridgehead atoms. The topological polar surface area (TPSA) is 12.5 Å².